The van der Waals surface area contributed by atoms with Gasteiger partial charge in [0.15, 0.2) is 0 Å². The summed E-state index contributed by atoms with van der Waals surface area (Å²) in [6, 6.07) is 13.7. The van der Waals surface area contributed by atoms with Gasteiger partial charge in [-0.2, -0.15) is 0 Å². The summed E-state index contributed by atoms with van der Waals surface area (Å²) in [6.07, 6.45) is 0. The summed E-state index contributed by atoms with van der Waals surface area (Å²) < 4.78 is 0. The third kappa shape index (κ3) is 1.35. The molecule has 0 bridgehead atoms. The van der Waals surface area contributed by atoms with E-state index in [1.54, 1.807) is 5.56 Å². The average molecular weight is 211 g/mol. The molecule has 0 amide bonds. The van der Waals surface area contributed by atoms with Crippen LogP contribution in [-0.4, -0.2) is 6.54 Å². The Morgan fingerprint density at radius 2 is 1.88 bits per heavy atom. The highest BCUT2D eigenvalue weighted by Crippen LogP contribution is 2.35. The number of hydrogen-bond donors (Lipinski definition) is 1. The summed E-state index contributed by atoms with van der Waals surface area (Å²) in [6.45, 7) is 5.64. The maximum Gasteiger partial charge on any atom is 0.0295 e. The van der Waals surface area contributed by atoms with Crippen molar-refractivity contribution in [1.82, 2.24) is 5.32 Å². The van der Waals surface area contributed by atoms with Crippen molar-refractivity contribution in [1.29, 1.82) is 0 Å². The van der Waals surface area contributed by atoms with Gasteiger partial charge in [0, 0.05) is 12.6 Å². The second-order valence-corrected chi connectivity index (χ2v) is 4.82. The third-order valence-corrected chi connectivity index (χ3v) is 3.69. The van der Waals surface area contributed by atoms with Gasteiger partial charge in [0.2, 0.25) is 0 Å². The van der Waals surface area contributed by atoms with Crippen molar-refractivity contribution in [3.63, 3.8) is 0 Å². The topological polar surface area (TPSA) is 12.0 Å². The Labute approximate surface area is 96.5 Å². The summed E-state index contributed by atoms with van der Waals surface area (Å²) in [7, 11) is 0. The van der Waals surface area contributed by atoms with E-state index >= 15 is 0 Å². The van der Waals surface area contributed by atoms with Crippen molar-refractivity contribution in [3.05, 3.63) is 47.5 Å². The van der Waals surface area contributed by atoms with Crippen LogP contribution in [0.25, 0.3) is 10.8 Å². The van der Waals surface area contributed by atoms with E-state index in [2.05, 4.69) is 55.6 Å². The van der Waals surface area contributed by atoms with Gasteiger partial charge in [0.05, 0.1) is 0 Å². The van der Waals surface area contributed by atoms with E-state index in [0.717, 1.165) is 6.54 Å². The molecule has 2 aromatic carbocycles. The highest BCUT2D eigenvalue weighted by Gasteiger charge is 2.22. The van der Waals surface area contributed by atoms with E-state index < -0.39 is 0 Å². The Morgan fingerprint density at radius 3 is 2.75 bits per heavy atom. The highest BCUT2D eigenvalue weighted by molar-refractivity contribution is 5.87. The minimum Gasteiger partial charge on any atom is -0.310 e. The molecule has 2 aromatic rings. The van der Waals surface area contributed by atoms with Crippen LogP contribution in [0.3, 0.4) is 0 Å². The minimum absolute atomic E-state index is 0.482. The first-order chi connectivity index (χ1) is 7.77. The lowest BCUT2D eigenvalue weighted by Crippen LogP contribution is -2.30. The number of nitrogens with one attached hydrogen (secondary N) is 1. The van der Waals surface area contributed by atoms with Gasteiger partial charge < -0.3 is 5.32 Å². The molecule has 1 aliphatic rings. The molecular formula is C15H17N. The number of rotatable bonds is 0. The highest BCUT2D eigenvalue weighted by atomic mass is 14.9. The molecule has 0 fully saturated rings. The predicted octanol–water partition coefficient (Wildman–Crippen LogP) is 3.61. The number of benzene rings is 2. The molecule has 3 rings (SSSR count). The molecule has 16 heavy (non-hydrogen) atoms. The van der Waals surface area contributed by atoms with Crippen LogP contribution < -0.4 is 5.32 Å². The average Bonchev–Trinajstić information content (AvgIpc) is 2.33. The molecule has 2 atom stereocenters. The smallest absolute Gasteiger partial charge is 0.0295 e. The maximum atomic E-state index is 3.55. The lowest BCUT2D eigenvalue weighted by molar-refractivity contribution is 0.498. The first-order valence-electron chi connectivity index (χ1n) is 6.02. The normalized spacial score (nSPS) is 24.4. The van der Waals surface area contributed by atoms with Gasteiger partial charge in [-0.25, -0.2) is 0 Å². The standard InChI is InChI=1S/C15H17N/c1-10-9-16-11(2)13-8-7-12-5-3-4-6-14(12)15(10)13/h3-8,10-11,16H,9H2,1-2H3. The van der Waals surface area contributed by atoms with E-state index in [9.17, 15) is 0 Å². The molecule has 1 heterocycles. The van der Waals surface area contributed by atoms with Gasteiger partial charge in [-0.15, -0.1) is 0 Å². The first kappa shape index (κ1) is 9.86. The van der Waals surface area contributed by atoms with Crippen molar-refractivity contribution < 1.29 is 0 Å². The second-order valence-electron chi connectivity index (χ2n) is 4.82. The fourth-order valence-corrected chi connectivity index (χ4v) is 2.81. The van der Waals surface area contributed by atoms with Crippen LogP contribution in [0.4, 0.5) is 0 Å². The monoisotopic (exact) mass is 211 g/mol. The van der Waals surface area contributed by atoms with E-state index in [0.29, 0.717) is 12.0 Å². The Bertz CT molecular complexity index is 530. The van der Waals surface area contributed by atoms with Crippen LogP contribution in [0, 0.1) is 0 Å². The molecule has 2 unspecified atom stereocenters. The quantitative estimate of drug-likeness (QED) is 0.702. The van der Waals surface area contributed by atoms with Crippen LogP contribution in [0.5, 0.6) is 0 Å². The molecule has 0 radical (unpaired) electrons. The molecule has 1 heteroatoms. The van der Waals surface area contributed by atoms with Gasteiger partial charge in [0.25, 0.3) is 0 Å². The summed E-state index contributed by atoms with van der Waals surface area (Å²) >= 11 is 0. The minimum atomic E-state index is 0.482. The van der Waals surface area contributed by atoms with Crippen LogP contribution >= 0.6 is 0 Å². The molecular weight excluding hydrogens is 194 g/mol. The van der Waals surface area contributed by atoms with Gasteiger partial charge in [-0.05, 0) is 34.7 Å². The Hall–Kier alpha value is -1.34. The van der Waals surface area contributed by atoms with Crippen molar-refractivity contribution in [2.45, 2.75) is 25.8 Å². The molecule has 1 N–H and O–H groups in total. The molecule has 82 valence electrons. The zero-order valence-electron chi connectivity index (χ0n) is 9.83. The molecule has 0 aromatic heterocycles. The molecule has 0 spiro atoms. The van der Waals surface area contributed by atoms with Gasteiger partial charge in [-0.3, -0.25) is 0 Å². The Morgan fingerprint density at radius 1 is 1.06 bits per heavy atom. The number of hydrogen-bond acceptors (Lipinski definition) is 1. The first-order valence-corrected chi connectivity index (χ1v) is 6.02. The SMILES string of the molecule is CC1CNC(C)c2ccc3ccccc3c21. The third-order valence-electron chi connectivity index (χ3n) is 3.69. The fraction of sp³-hybridized carbons (Fsp3) is 0.333. The number of fused-ring (bicyclic) bond motifs is 3. The molecule has 0 aliphatic carbocycles. The van der Waals surface area contributed by atoms with Crippen LogP contribution in [0.15, 0.2) is 36.4 Å². The predicted molar refractivity (Wildman–Crippen MR) is 68.8 cm³/mol. The second kappa shape index (κ2) is 3.60. The fourth-order valence-electron chi connectivity index (χ4n) is 2.81. The molecule has 0 saturated carbocycles. The van der Waals surface area contributed by atoms with Gasteiger partial charge in [0.1, 0.15) is 0 Å². The molecule has 0 saturated heterocycles. The van der Waals surface area contributed by atoms with Crippen molar-refractivity contribution >= 4 is 10.8 Å². The van der Waals surface area contributed by atoms with Crippen LogP contribution in [0.1, 0.15) is 36.9 Å². The zero-order chi connectivity index (χ0) is 11.1. The van der Waals surface area contributed by atoms with E-state index in [4.69, 9.17) is 0 Å². The van der Waals surface area contributed by atoms with Crippen LogP contribution in [0.2, 0.25) is 0 Å². The van der Waals surface area contributed by atoms with Crippen molar-refractivity contribution in [2.24, 2.45) is 0 Å². The maximum absolute atomic E-state index is 3.55. The van der Waals surface area contributed by atoms with Crippen molar-refractivity contribution in [3.8, 4) is 0 Å². The molecule has 1 nitrogen and oxygen atoms in total. The largest absolute Gasteiger partial charge is 0.310 e. The van der Waals surface area contributed by atoms with Crippen molar-refractivity contribution in [2.75, 3.05) is 6.54 Å². The van der Waals surface area contributed by atoms with Crippen LogP contribution in [-0.2, 0) is 0 Å². The van der Waals surface area contributed by atoms with E-state index in [1.165, 1.54) is 16.3 Å². The summed E-state index contributed by atoms with van der Waals surface area (Å²) in [4.78, 5) is 0. The lowest BCUT2D eigenvalue weighted by Gasteiger charge is -2.30. The summed E-state index contributed by atoms with van der Waals surface area (Å²) in [5, 5.41) is 6.35. The lowest BCUT2D eigenvalue weighted by atomic mass is 9.84. The molecule has 1 aliphatic heterocycles. The van der Waals surface area contributed by atoms with Gasteiger partial charge in [-0.1, -0.05) is 43.3 Å². The Balaban J connectivity index is 2.35. The zero-order valence-corrected chi connectivity index (χ0v) is 9.83. The Kier molecular flexibility index (Phi) is 2.22. The summed E-state index contributed by atoms with van der Waals surface area (Å²) in [5.74, 6) is 0.609. The van der Waals surface area contributed by atoms with Gasteiger partial charge >= 0.3 is 0 Å². The summed E-state index contributed by atoms with van der Waals surface area (Å²) in [5.41, 5.74) is 3.02. The van der Waals surface area contributed by atoms with E-state index in [1.807, 2.05) is 0 Å². The van der Waals surface area contributed by atoms with E-state index in [-0.39, 0.29) is 0 Å².